The average molecular weight is 410 g/mol. The summed E-state index contributed by atoms with van der Waals surface area (Å²) in [5, 5.41) is 7.27. The van der Waals surface area contributed by atoms with Crippen molar-refractivity contribution in [3.63, 3.8) is 0 Å². The Balaban J connectivity index is 1.58. The summed E-state index contributed by atoms with van der Waals surface area (Å²) in [4.78, 5) is 25.4. The van der Waals surface area contributed by atoms with Crippen LogP contribution in [0.2, 0.25) is 0 Å². The predicted octanol–water partition coefficient (Wildman–Crippen LogP) is 3.94. The number of hydrogen-bond acceptors (Lipinski definition) is 5. The highest BCUT2D eigenvalue weighted by Crippen LogP contribution is 2.20. The van der Waals surface area contributed by atoms with Crippen LogP contribution in [0.1, 0.15) is 17.0 Å². The fourth-order valence-corrected chi connectivity index (χ4v) is 3.45. The van der Waals surface area contributed by atoms with Gasteiger partial charge in [-0.05, 0) is 50.4 Å². The number of nitrogens with zero attached hydrogens (tertiary/aromatic N) is 2. The second-order valence-electron chi connectivity index (χ2n) is 6.51. The van der Waals surface area contributed by atoms with E-state index in [0.717, 1.165) is 27.5 Å². The lowest BCUT2D eigenvalue weighted by Crippen LogP contribution is -2.21. The van der Waals surface area contributed by atoms with Gasteiger partial charge in [-0.25, -0.2) is 4.68 Å². The van der Waals surface area contributed by atoms with E-state index in [4.69, 9.17) is 4.74 Å². The summed E-state index contributed by atoms with van der Waals surface area (Å²) in [6.07, 6.45) is 2.03. The smallest absolute Gasteiger partial charge is 0.310 e. The number of rotatable bonds is 7. The number of amides is 1. The Morgan fingerprint density at radius 2 is 1.86 bits per heavy atom. The molecule has 0 fully saturated rings. The summed E-state index contributed by atoms with van der Waals surface area (Å²) in [6, 6.07) is 17.2. The van der Waals surface area contributed by atoms with Crippen molar-refractivity contribution in [1.82, 2.24) is 9.78 Å². The zero-order valence-corrected chi connectivity index (χ0v) is 17.5. The molecule has 3 aromatic rings. The SMILES string of the molecule is CSc1cccc(NC(=O)COC(=O)Cc2c(C)nn(-c3ccccc3)c2C)c1. The van der Waals surface area contributed by atoms with Crippen molar-refractivity contribution in [1.29, 1.82) is 0 Å². The van der Waals surface area contributed by atoms with Gasteiger partial charge in [0.05, 0.1) is 17.8 Å². The number of anilines is 1. The summed E-state index contributed by atoms with van der Waals surface area (Å²) in [5.41, 5.74) is 4.06. The predicted molar refractivity (Wildman–Crippen MR) is 115 cm³/mol. The average Bonchev–Trinajstić information content (AvgIpc) is 3.01. The zero-order valence-electron chi connectivity index (χ0n) is 16.6. The van der Waals surface area contributed by atoms with Crippen LogP contribution in [-0.2, 0) is 20.7 Å². The second-order valence-corrected chi connectivity index (χ2v) is 7.39. The third kappa shape index (κ3) is 5.26. The molecule has 0 aliphatic rings. The van der Waals surface area contributed by atoms with Gasteiger partial charge >= 0.3 is 5.97 Å². The number of aromatic nitrogens is 2. The Morgan fingerprint density at radius 3 is 2.59 bits per heavy atom. The van der Waals surface area contributed by atoms with E-state index in [2.05, 4.69) is 10.4 Å². The van der Waals surface area contributed by atoms with Gasteiger partial charge in [0.1, 0.15) is 0 Å². The van der Waals surface area contributed by atoms with Crippen LogP contribution in [0, 0.1) is 13.8 Å². The largest absolute Gasteiger partial charge is 0.455 e. The molecule has 29 heavy (non-hydrogen) atoms. The van der Waals surface area contributed by atoms with Crippen LogP contribution in [0.5, 0.6) is 0 Å². The number of benzene rings is 2. The van der Waals surface area contributed by atoms with Crippen molar-refractivity contribution in [2.45, 2.75) is 25.2 Å². The van der Waals surface area contributed by atoms with Gasteiger partial charge in [-0.2, -0.15) is 5.10 Å². The highest BCUT2D eigenvalue weighted by molar-refractivity contribution is 7.98. The first-order valence-electron chi connectivity index (χ1n) is 9.18. The second kappa shape index (κ2) is 9.43. The number of para-hydroxylation sites is 1. The summed E-state index contributed by atoms with van der Waals surface area (Å²) in [5.74, 6) is -0.832. The molecular formula is C22H23N3O3S. The first-order valence-corrected chi connectivity index (χ1v) is 10.4. The zero-order chi connectivity index (χ0) is 20.8. The van der Waals surface area contributed by atoms with Gasteiger partial charge in [-0.1, -0.05) is 24.3 Å². The van der Waals surface area contributed by atoms with Crippen molar-refractivity contribution in [3.8, 4) is 5.69 Å². The summed E-state index contributed by atoms with van der Waals surface area (Å²) in [7, 11) is 0. The van der Waals surface area contributed by atoms with Crippen LogP contribution in [0.15, 0.2) is 59.5 Å². The molecule has 0 atom stereocenters. The fraction of sp³-hybridized carbons (Fsp3) is 0.227. The van der Waals surface area contributed by atoms with E-state index in [-0.39, 0.29) is 18.9 Å². The highest BCUT2D eigenvalue weighted by atomic mass is 32.2. The van der Waals surface area contributed by atoms with Gasteiger partial charge in [-0.3, -0.25) is 9.59 Å². The Hall–Kier alpha value is -3.06. The van der Waals surface area contributed by atoms with E-state index in [1.54, 1.807) is 17.8 Å². The number of esters is 1. The van der Waals surface area contributed by atoms with Crippen LogP contribution in [0.4, 0.5) is 5.69 Å². The number of ether oxygens (including phenoxy) is 1. The van der Waals surface area contributed by atoms with Gasteiger partial charge in [0.2, 0.25) is 0 Å². The van der Waals surface area contributed by atoms with Crippen molar-refractivity contribution in [2.24, 2.45) is 0 Å². The molecule has 3 rings (SSSR count). The minimum Gasteiger partial charge on any atom is -0.455 e. The normalized spacial score (nSPS) is 10.6. The molecule has 0 bridgehead atoms. The highest BCUT2D eigenvalue weighted by Gasteiger charge is 2.17. The fourth-order valence-electron chi connectivity index (χ4n) is 2.99. The standard InChI is InChI=1S/C22H23N3O3S/c1-15-20(16(2)25(24-15)18-9-5-4-6-10-18)13-22(27)28-14-21(26)23-17-8-7-11-19(12-17)29-3/h4-12H,13-14H2,1-3H3,(H,23,26). The molecule has 150 valence electrons. The number of hydrogen-bond donors (Lipinski definition) is 1. The summed E-state index contributed by atoms with van der Waals surface area (Å²) >= 11 is 1.59. The Kier molecular flexibility index (Phi) is 6.72. The first kappa shape index (κ1) is 20.7. The van der Waals surface area contributed by atoms with Crippen LogP contribution < -0.4 is 5.32 Å². The maximum Gasteiger partial charge on any atom is 0.310 e. The maximum absolute atomic E-state index is 12.3. The Labute approximate surface area is 174 Å². The van der Waals surface area contributed by atoms with E-state index in [9.17, 15) is 9.59 Å². The van der Waals surface area contributed by atoms with E-state index in [0.29, 0.717) is 5.69 Å². The number of thioether (sulfide) groups is 1. The molecule has 1 aromatic heterocycles. The van der Waals surface area contributed by atoms with E-state index in [1.165, 1.54) is 0 Å². The molecule has 0 unspecified atom stereocenters. The Morgan fingerprint density at radius 1 is 1.10 bits per heavy atom. The van der Waals surface area contributed by atoms with Crippen LogP contribution in [-0.4, -0.2) is 34.5 Å². The molecule has 1 N–H and O–H groups in total. The first-order chi connectivity index (χ1) is 14.0. The minimum atomic E-state index is -0.461. The van der Waals surface area contributed by atoms with Crippen molar-refractivity contribution < 1.29 is 14.3 Å². The number of nitrogens with one attached hydrogen (secondary N) is 1. The van der Waals surface area contributed by atoms with Crippen LogP contribution in [0.25, 0.3) is 5.69 Å². The minimum absolute atomic E-state index is 0.0692. The molecule has 0 aliphatic carbocycles. The van der Waals surface area contributed by atoms with Crippen molar-refractivity contribution >= 4 is 29.3 Å². The van der Waals surface area contributed by atoms with Gasteiger partial charge < -0.3 is 10.1 Å². The Bertz CT molecular complexity index is 1020. The molecular weight excluding hydrogens is 386 g/mol. The molecule has 0 saturated heterocycles. The summed E-state index contributed by atoms with van der Waals surface area (Å²) in [6.45, 7) is 3.45. The lowest BCUT2D eigenvalue weighted by atomic mass is 10.1. The maximum atomic E-state index is 12.3. The molecule has 7 heteroatoms. The third-order valence-corrected chi connectivity index (χ3v) is 5.21. The molecule has 0 aliphatic heterocycles. The molecule has 6 nitrogen and oxygen atoms in total. The molecule has 0 saturated carbocycles. The van der Waals surface area contributed by atoms with E-state index >= 15 is 0 Å². The molecule has 1 amide bonds. The summed E-state index contributed by atoms with van der Waals surface area (Å²) < 4.78 is 6.98. The monoisotopic (exact) mass is 409 g/mol. The van der Waals surface area contributed by atoms with E-state index in [1.807, 2.05) is 73.3 Å². The molecule has 0 radical (unpaired) electrons. The van der Waals surface area contributed by atoms with Gasteiger partial charge in [0, 0.05) is 21.8 Å². The van der Waals surface area contributed by atoms with Gasteiger partial charge in [0.25, 0.3) is 5.91 Å². The molecule has 0 spiro atoms. The number of aryl methyl sites for hydroxylation is 1. The number of carbonyl (C=O) groups is 2. The lowest BCUT2D eigenvalue weighted by molar-refractivity contribution is -0.146. The molecule has 2 aromatic carbocycles. The number of carbonyl (C=O) groups excluding carboxylic acids is 2. The van der Waals surface area contributed by atoms with Gasteiger partial charge in [-0.15, -0.1) is 11.8 Å². The van der Waals surface area contributed by atoms with Crippen molar-refractivity contribution in [2.75, 3.05) is 18.2 Å². The van der Waals surface area contributed by atoms with Gasteiger partial charge in [0.15, 0.2) is 6.61 Å². The lowest BCUT2D eigenvalue weighted by Gasteiger charge is -2.08. The topological polar surface area (TPSA) is 73.2 Å². The molecule has 1 heterocycles. The van der Waals surface area contributed by atoms with Crippen molar-refractivity contribution in [3.05, 3.63) is 71.5 Å². The quantitative estimate of drug-likeness (QED) is 0.473. The van der Waals surface area contributed by atoms with Crippen LogP contribution in [0.3, 0.4) is 0 Å². The van der Waals surface area contributed by atoms with Crippen LogP contribution >= 0.6 is 11.8 Å². The van der Waals surface area contributed by atoms with E-state index < -0.39 is 5.97 Å². The third-order valence-electron chi connectivity index (χ3n) is 4.48.